The molecule has 0 unspecified atom stereocenters. The van der Waals surface area contributed by atoms with Gasteiger partial charge < -0.3 is 14.5 Å². The Kier molecular flexibility index (Phi) is 5.82. The van der Waals surface area contributed by atoms with Gasteiger partial charge in [-0.3, -0.25) is 14.7 Å². The summed E-state index contributed by atoms with van der Waals surface area (Å²) in [5.41, 5.74) is 5.30. The van der Waals surface area contributed by atoms with Crippen LogP contribution < -0.4 is 9.80 Å². The number of fused-ring (bicyclic) bond motifs is 2. The first kappa shape index (κ1) is 20.0. The van der Waals surface area contributed by atoms with Gasteiger partial charge in [0.25, 0.3) is 0 Å². The van der Waals surface area contributed by atoms with Gasteiger partial charge in [-0.15, -0.1) is 0 Å². The van der Waals surface area contributed by atoms with Crippen molar-refractivity contribution in [1.29, 1.82) is 0 Å². The average Bonchev–Trinajstić information content (AvgIpc) is 3.16. The van der Waals surface area contributed by atoms with E-state index in [1.807, 2.05) is 24.4 Å². The van der Waals surface area contributed by atoms with Crippen LogP contribution in [-0.2, 0) is 11.3 Å². The summed E-state index contributed by atoms with van der Waals surface area (Å²) in [5, 5.41) is 1.16. The molecule has 0 radical (unpaired) electrons. The molecule has 0 bridgehead atoms. The summed E-state index contributed by atoms with van der Waals surface area (Å²) in [6.45, 7) is 7.41. The standard InChI is InChI=1S/C25H28N4O2/c30-18-20-7-8-23-24(16-20)29(17-22-5-1-4-21-6-2-9-26-25(21)22)19-28(23)11-3-10-27-12-14-31-15-13-27/h1-2,4-9,16,18H,3,10-15,17,19H2. The number of hydrogen-bond acceptors (Lipinski definition) is 6. The zero-order valence-corrected chi connectivity index (χ0v) is 17.7. The molecule has 6 heteroatoms. The van der Waals surface area contributed by atoms with Crippen molar-refractivity contribution in [2.45, 2.75) is 13.0 Å². The molecule has 2 aliphatic heterocycles. The van der Waals surface area contributed by atoms with Gasteiger partial charge in [0.2, 0.25) is 0 Å². The van der Waals surface area contributed by atoms with Crippen LogP contribution in [0.25, 0.3) is 10.9 Å². The third kappa shape index (κ3) is 4.27. The van der Waals surface area contributed by atoms with E-state index in [0.717, 1.165) is 87.5 Å². The molecule has 3 aromatic rings. The Balaban J connectivity index is 1.35. The van der Waals surface area contributed by atoms with Gasteiger partial charge in [0.1, 0.15) is 6.29 Å². The van der Waals surface area contributed by atoms with Gasteiger partial charge >= 0.3 is 0 Å². The first-order valence-corrected chi connectivity index (χ1v) is 11.0. The molecule has 6 nitrogen and oxygen atoms in total. The third-order valence-corrected chi connectivity index (χ3v) is 6.24. The fraction of sp³-hybridized carbons (Fsp3) is 0.360. The highest BCUT2D eigenvalue weighted by Crippen LogP contribution is 2.38. The zero-order chi connectivity index (χ0) is 21.0. The second-order valence-corrected chi connectivity index (χ2v) is 8.27. The molecule has 2 aliphatic rings. The van der Waals surface area contributed by atoms with Gasteiger partial charge in [0.05, 0.1) is 36.8 Å². The Labute approximate surface area is 183 Å². The minimum atomic E-state index is 0.718. The number of aldehydes is 1. The fourth-order valence-electron chi connectivity index (χ4n) is 4.63. The van der Waals surface area contributed by atoms with E-state index < -0.39 is 0 Å². The van der Waals surface area contributed by atoms with E-state index in [0.29, 0.717) is 0 Å². The lowest BCUT2D eigenvalue weighted by molar-refractivity contribution is 0.0376. The van der Waals surface area contributed by atoms with Crippen molar-refractivity contribution >= 4 is 28.6 Å². The van der Waals surface area contributed by atoms with Crippen molar-refractivity contribution in [3.8, 4) is 0 Å². The van der Waals surface area contributed by atoms with Crippen LogP contribution >= 0.6 is 0 Å². The van der Waals surface area contributed by atoms with Crippen LogP contribution in [0.4, 0.5) is 11.4 Å². The number of nitrogens with zero attached hydrogens (tertiary/aromatic N) is 4. The summed E-state index contributed by atoms with van der Waals surface area (Å²) in [5.74, 6) is 0. The van der Waals surface area contributed by atoms with Crippen LogP contribution in [0.3, 0.4) is 0 Å². The normalized spacial score (nSPS) is 16.6. The molecular weight excluding hydrogens is 388 g/mol. The number of ether oxygens (including phenoxy) is 1. The molecule has 0 saturated carbocycles. The van der Waals surface area contributed by atoms with Gasteiger partial charge in [0.15, 0.2) is 0 Å². The number of rotatable bonds is 7. The van der Waals surface area contributed by atoms with Gasteiger partial charge in [-0.2, -0.15) is 0 Å². The lowest BCUT2D eigenvalue weighted by Crippen LogP contribution is -2.38. The van der Waals surface area contributed by atoms with Gasteiger partial charge in [-0.25, -0.2) is 0 Å². The summed E-state index contributed by atoms with van der Waals surface area (Å²) in [6.07, 6.45) is 3.89. The number of carbonyl (C=O) groups excluding carboxylic acids is 1. The highest BCUT2D eigenvalue weighted by Gasteiger charge is 2.26. The Morgan fingerprint density at radius 2 is 1.84 bits per heavy atom. The summed E-state index contributed by atoms with van der Waals surface area (Å²) >= 11 is 0. The van der Waals surface area contributed by atoms with Gasteiger partial charge in [0, 0.05) is 49.9 Å². The van der Waals surface area contributed by atoms with Crippen molar-refractivity contribution in [3.63, 3.8) is 0 Å². The quantitative estimate of drug-likeness (QED) is 0.549. The third-order valence-electron chi connectivity index (χ3n) is 6.24. The SMILES string of the molecule is O=Cc1ccc2c(c1)N(Cc1cccc3cccnc13)CN2CCCN1CCOCC1. The zero-order valence-electron chi connectivity index (χ0n) is 17.7. The maximum atomic E-state index is 11.4. The van der Waals surface area contributed by atoms with E-state index in [-0.39, 0.29) is 0 Å². The van der Waals surface area contributed by atoms with E-state index in [2.05, 4.69) is 50.0 Å². The summed E-state index contributed by atoms with van der Waals surface area (Å²) < 4.78 is 5.46. The van der Waals surface area contributed by atoms with Crippen molar-refractivity contribution in [2.75, 3.05) is 55.9 Å². The number of aromatic nitrogens is 1. The number of para-hydroxylation sites is 1. The lowest BCUT2D eigenvalue weighted by Gasteiger charge is -2.28. The van der Waals surface area contributed by atoms with E-state index in [1.165, 1.54) is 11.3 Å². The minimum absolute atomic E-state index is 0.718. The summed E-state index contributed by atoms with van der Waals surface area (Å²) in [7, 11) is 0. The fourth-order valence-corrected chi connectivity index (χ4v) is 4.63. The lowest BCUT2D eigenvalue weighted by atomic mass is 10.1. The average molecular weight is 417 g/mol. The van der Waals surface area contributed by atoms with Crippen molar-refractivity contribution in [1.82, 2.24) is 9.88 Å². The monoisotopic (exact) mass is 416 g/mol. The van der Waals surface area contributed by atoms with Crippen molar-refractivity contribution < 1.29 is 9.53 Å². The first-order chi connectivity index (χ1) is 15.3. The van der Waals surface area contributed by atoms with Crippen molar-refractivity contribution in [3.05, 3.63) is 65.9 Å². The maximum absolute atomic E-state index is 11.4. The maximum Gasteiger partial charge on any atom is 0.150 e. The van der Waals surface area contributed by atoms with Crippen LogP contribution in [0.1, 0.15) is 22.3 Å². The Morgan fingerprint density at radius 1 is 0.968 bits per heavy atom. The van der Waals surface area contributed by atoms with Gasteiger partial charge in [-0.1, -0.05) is 24.3 Å². The number of anilines is 2. The van der Waals surface area contributed by atoms with Crippen LogP contribution in [0.5, 0.6) is 0 Å². The van der Waals surface area contributed by atoms with Crippen LogP contribution in [0, 0.1) is 0 Å². The molecule has 1 saturated heterocycles. The molecule has 1 aromatic heterocycles. The number of benzene rings is 2. The highest BCUT2D eigenvalue weighted by molar-refractivity contribution is 5.86. The number of pyridine rings is 1. The minimum Gasteiger partial charge on any atom is -0.379 e. The largest absolute Gasteiger partial charge is 0.379 e. The summed E-state index contributed by atoms with van der Waals surface area (Å²) in [6, 6.07) is 16.5. The van der Waals surface area contributed by atoms with Crippen LogP contribution in [0.2, 0.25) is 0 Å². The molecule has 3 heterocycles. The molecule has 160 valence electrons. The Bertz CT molecular complexity index is 1060. The molecule has 5 rings (SSSR count). The Morgan fingerprint density at radius 3 is 2.71 bits per heavy atom. The molecule has 0 spiro atoms. The molecule has 0 N–H and O–H groups in total. The molecule has 1 fully saturated rings. The second-order valence-electron chi connectivity index (χ2n) is 8.27. The topological polar surface area (TPSA) is 48.9 Å². The number of carbonyl (C=O) groups is 1. The van der Waals surface area contributed by atoms with Crippen molar-refractivity contribution in [2.24, 2.45) is 0 Å². The van der Waals surface area contributed by atoms with E-state index in [9.17, 15) is 4.79 Å². The molecule has 31 heavy (non-hydrogen) atoms. The van der Waals surface area contributed by atoms with E-state index >= 15 is 0 Å². The molecule has 0 atom stereocenters. The van der Waals surface area contributed by atoms with E-state index in [1.54, 1.807) is 0 Å². The van der Waals surface area contributed by atoms with Gasteiger partial charge in [-0.05, 0) is 36.2 Å². The number of hydrogen-bond donors (Lipinski definition) is 0. The van der Waals surface area contributed by atoms with Crippen LogP contribution in [-0.4, -0.2) is 62.2 Å². The predicted molar refractivity (Wildman–Crippen MR) is 124 cm³/mol. The Hall–Kier alpha value is -2.96. The molecular formula is C25H28N4O2. The molecule has 0 aliphatic carbocycles. The predicted octanol–water partition coefficient (Wildman–Crippen LogP) is 3.55. The highest BCUT2D eigenvalue weighted by atomic mass is 16.5. The molecule has 2 aromatic carbocycles. The smallest absolute Gasteiger partial charge is 0.150 e. The first-order valence-electron chi connectivity index (χ1n) is 11.0. The number of morpholine rings is 1. The second kappa shape index (κ2) is 9.04. The van der Waals surface area contributed by atoms with Crippen LogP contribution in [0.15, 0.2) is 54.7 Å². The summed E-state index contributed by atoms with van der Waals surface area (Å²) in [4.78, 5) is 23.3. The molecule has 0 amide bonds. The van der Waals surface area contributed by atoms with E-state index in [4.69, 9.17) is 4.74 Å².